The van der Waals surface area contributed by atoms with Crippen molar-refractivity contribution in [3.8, 4) is 0 Å². The van der Waals surface area contributed by atoms with Crippen molar-refractivity contribution in [1.29, 1.82) is 0 Å². The van der Waals surface area contributed by atoms with E-state index in [9.17, 15) is 4.39 Å². The van der Waals surface area contributed by atoms with E-state index in [0.717, 1.165) is 22.6 Å². The first kappa shape index (κ1) is 14.5. The van der Waals surface area contributed by atoms with Crippen molar-refractivity contribution in [3.63, 3.8) is 0 Å². The van der Waals surface area contributed by atoms with Crippen LogP contribution >= 0.6 is 27.5 Å². The first-order valence-corrected chi connectivity index (χ1v) is 7.43. The third kappa shape index (κ3) is 3.36. The fourth-order valence-electron chi connectivity index (χ4n) is 1.85. The molecule has 0 aliphatic rings. The molecule has 0 aliphatic heterocycles. The lowest BCUT2D eigenvalue weighted by atomic mass is 10.0. The van der Waals surface area contributed by atoms with E-state index in [2.05, 4.69) is 30.9 Å². The molecular weight excluding hydrogens is 331 g/mol. The molecule has 0 bridgehead atoms. The highest BCUT2D eigenvalue weighted by atomic mass is 79.9. The maximum absolute atomic E-state index is 13.2. The molecule has 0 spiro atoms. The normalized spacial score (nSPS) is 12.6. The number of rotatable bonds is 5. The number of nitrogens with one attached hydrogen (secondary N) is 1. The van der Waals surface area contributed by atoms with Crippen molar-refractivity contribution in [3.05, 3.63) is 44.6 Å². The molecule has 0 amide bonds. The Hall–Kier alpha value is -0.890. The van der Waals surface area contributed by atoms with E-state index >= 15 is 0 Å². The predicted octanol–water partition coefficient (Wildman–Crippen LogP) is 2.75. The Morgan fingerprint density at radius 3 is 2.95 bits per heavy atom. The smallest absolute Gasteiger partial charge is 0.137 e. The summed E-state index contributed by atoms with van der Waals surface area (Å²) in [6.45, 7) is 2.03. The molecule has 1 atom stereocenters. The van der Waals surface area contributed by atoms with Crippen LogP contribution in [0.3, 0.4) is 0 Å². The number of benzene rings is 1. The Bertz CT molecular complexity index is 560. The van der Waals surface area contributed by atoms with Gasteiger partial charge in [0.25, 0.3) is 0 Å². The zero-order valence-electron chi connectivity index (χ0n) is 10.4. The number of nitrogens with zero attached hydrogens (tertiary/aromatic N) is 2. The Kier molecular flexibility index (Phi) is 4.98. The van der Waals surface area contributed by atoms with Gasteiger partial charge in [-0.2, -0.15) is 0 Å². The zero-order chi connectivity index (χ0) is 13.8. The average Bonchev–Trinajstić information content (AvgIpc) is 2.88. The second-order valence-electron chi connectivity index (χ2n) is 4.11. The summed E-state index contributed by atoms with van der Waals surface area (Å²) in [6, 6.07) is 4.90. The molecule has 4 nitrogen and oxygen atoms in total. The van der Waals surface area contributed by atoms with Gasteiger partial charge in [-0.3, -0.25) is 11.3 Å². The molecule has 0 saturated heterocycles. The van der Waals surface area contributed by atoms with Gasteiger partial charge in [-0.1, -0.05) is 17.5 Å². The third-order valence-corrected chi connectivity index (χ3v) is 4.35. The lowest BCUT2D eigenvalue weighted by Crippen LogP contribution is -2.29. The van der Waals surface area contributed by atoms with Crippen LogP contribution in [-0.2, 0) is 12.8 Å². The zero-order valence-corrected chi connectivity index (χ0v) is 12.8. The van der Waals surface area contributed by atoms with Crippen molar-refractivity contribution in [2.75, 3.05) is 0 Å². The van der Waals surface area contributed by atoms with E-state index in [1.165, 1.54) is 17.6 Å². The van der Waals surface area contributed by atoms with Crippen LogP contribution in [-0.4, -0.2) is 9.59 Å². The molecule has 1 aromatic heterocycles. The lowest BCUT2D eigenvalue weighted by molar-refractivity contribution is 0.553. The lowest BCUT2D eigenvalue weighted by Gasteiger charge is -2.15. The van der Waals surface area contributed by atoms with Crippen LogP contribution in [0.1, 0.15) is 29.1 Å². The number of hydrogen-bond donors (Lipinski definition) is 2. The van der Waals surface area contributed by atoms with E-state index in [1.807, 2.05) is 6.92 Å². The number of nitrogens with two attached hydrogens (primary N) is 1. The molecule has 0 saturated carbocycles. The molecule has 102 valence electrons. The number of aryl methyl sites for hydroxylation is 1. The maximum atomic E-state index is 13.2. The van der Waals surface area contributed by atoms with Crippen LogP contribution in [0.25, 0.3) is 0 Å². The van der Waals surface area contributed by atoms with Crippen LogP contribution in [0.15, 0.2) is 22.7 Å². The van der Waals surface area contributed by atoms with Gasteiger partial charge in [-0.05, 0) is 58.0 Å². The van der Waals surface area contributed by atoms with Crippen LogP contribution in [0.2, 0.25) is 0 Å². The summed E-state index contributed by atoms with van der Waals surface area (Å²) < 4.78 is 17.6. The van der Waals surface area contributed by atoms with Crippen molar-refractivity contribution >= 4 is 27.5 Å². The Balaban J connectivity index is 2.21. The summed E-state index contributed by atoms with van der Waals surface area (Å²) in [5.74, 6) is 5.35. The Morgan fingerprint density at radius 1 is 1.53 bits per heavy atom. The Labute approximate surface area is 123 Å². The number of hydrazine groups is 1. The predicted molar refractivity (Wildman–Crippen MR) is 77.2 cm³/mol. The van der Waals surface area contributed by atoms with E-state index in [4.69, 9.17) is 5.84 Å². The molecule has 2 aromatic rings. The van der Waals surface area contributed by atoms with Crippen molar-refractivity contribution < 1.29 is 4.39 Å². The summed E-state index contributed by atoms with van der Waals surface area (Å²) in [5.41, 5.74) is 4.73. The topological polar surface area (TPSA) is 63.8 Å². The minimum Gasteiger partial charge on any atom is -0.271 e. The maximum Gasteiger partial charge on any atom is 0.137 e. The molecule has 0 aliphatic carbocycles. The molecule has 1 heterocycles. The molecule has 2 rings (SSSR count). The molecule has 1 unspecified atom stereocenters. The Morgan fingerprint density at radius 2 is 2.32 bits per heavy atom. The van der Waals surface area contributed by atoms with Crippen molar-refractivity contribution in [2.24, 2.45) is 5.84 Å². The minimum absolute atomic E-state index is 0.0627. The van der Waals surface area contributed by atoms with Crippen LogP contribution in [0, 0.1) is 5.82 Å². The number of halogens is 2. The molecule has 19 heavy (non-hydrogen) atoms. The highest BCUT2D eigenvalue weighted by Crippen LogP contribution is 2.25. The largest absolute Gasteiger partial charge is 0.271 e. The summed E-state index contributed by atoms with van der Waals surface area (Å²) >= 11 is 4.53. The molecular formula is C12H14BrFN4S. The highest BCUT2D eigenvalue weighted by Gasteiger charge is 2.18. The molecule has 0 fully saturated rings. The summed E-state index contributed by atoms with van der Waals surface area (Å²) in [4.78, 5) is 1.03. The van der Waals surface area contributed by atoms with E-state index in [0.29, 0.717) is 10.9 Å². The average molecular weight is 345 g/mol. The molecule has 1 aromatic carbocycles. The fraction of sp³-hybridized carbons (Fsp3) is 0.333. The van der Waals surface area contributed by atoms with E-state index < -0.39 is 0 Å². The minimum atomic E-state index is -0.269. The van der Waals surface area contributed by atoms with E-state index in [1.54, 1.807) is 12.1 Å². The van der Waals surface area contributed by atoms with E-state index in [-0.39, 0.29) is 11.9 Å². The first-order valence-electron chi connectivity index (χ1n) is 5.86. The van der Waals surface area contributed by atoms with Crippen LogP contribution < -0.4 is 11.3 Å². The third-order valence-electron chi connectivity index (χ3n) is 2.86. The van der Waals surface area contributed by atoms with Gasteiger partial charge in [-0.25, -0.2) is 4.39 Å². The highest BCUT2D eigenvalue weighted by molar-refractivity contribution is 9.10. The number of hydrogen-bond acceptors (Lipinski definition) is 5. The van der Waals surface area contributed by atoms with Gasteiger partial charge in [0.1, 0.15) is 5.82 Å². The van der Waals surface area contributed by atoms with Crippen molar-refractivity contribution in [1.82, 2.24) is 15.0 Å². The van der Waals surface area contributed by atoms with Gasteiger partial charge in [0.15, 0.2) is 0 Å². The summed E-state index contributed by atoms with van der Waals surface area (Å²) in [5, 5.41) is 4.08. The summed E-state index contributed by atoms with van der Waals surface area (Å²) in [7, 11) is 0. The first-order chi connectivity index (χ1) is 9.15. The van der Waals surface area contributed by atoms with Gasteiger partial charge in [0.2, 0.25) is 0 Å². The van der Waals surface area contributed by atoms with Gasteiger partial charge >= 0.3 is 0 Å². The second-order valence-corrected chi connectivity index (χ2v) is 5.75. The number of aromatic nitrogens is 2. The standard InChI is InChI=1S/C12H14BrFN4S/c1-2-10-12(19-18-17-10)11(16-15)6-7-3-4-9(14)8(13)5-7/h3-5,11,16H,2,6,15H2,1H3. The van der Waals surface area contributed by atoms with Gasteiger partial charge < -0.3 is 0 Å². The molecule has 0 radical (unpaired) electrons. The summed E-state index contributed by atoms with van der Waals surface area (Å²) in [6.07, 6.45) is 1.48. The molecule has 7 heteroatoms. The van der Waals surface area contributed by atoms with Gasteiger partial charge in [0.05, 0.1) is 21.1 Å². The monoisotopic (exact) mass is 344 g/mol. The van der Waals surface area contributed by atoms with Crippen LogP contribution in [0.4, 0.5) is 4.39 Å². The fourth-order valence-corrected chi connectivity index (χ4v) is 3.08. The SMILES string of the molecule is CCc1nnsc1C(Cc1ccc(F)c(Br)c1)NN. The van der Waals surface area contributed by atoms with Gasteiger partial charge in [0, 0.05) is 0 Å². The molecule has 3 N–H and O–H groups in total. The van der Waals surface area contributed by atoms with Crippen molar-refractivity contribution in [2.45, 2.75) is 25.8 Å². The van der Waals surface area contributed by atoms with Crippen LogP contribution in [0.5, 0.6) is 0 Å². The second kappa shape index (κ2) is 6.51. The quantitative estimate of drug-likeness (QED) is 0.646. The van der Waals surface area contributed by atoms with Gasteiger partial charge in [-0.15, -0.1) is 5.10 Å².